The Bertz CT molecular complexity index is 1140. The van der Waals surface area contributed by atoms with E-state index in [9.17, 15) is 14.4 Å². The molecule has 7 nitrogen and oxygen atoms in total. The lowest BCUT2D eigenvalue weighted by atomic mass is 10.1. The number of amides is 1. The van der Waals surface area contributed by atoms with Crippen molar-refractivity contribution < 1.29 is 4.79 Å². The van der Waals surface area contributed by atoms with Crippen LogP contribution >= 0.6 is 11.6 Å². The maximum absolute atomic E-state index is 13.2. The maximum atomic E-state index is 13.2. The summed E-state index contributed by atoms with van der Waals surface area (Å²) in [5.74, 6) is -0.637. The highest BCUT2D eigenvalue weighted by atomic mass is 35.5. The maximum Gasteiger partial charge on any atom is 0.352 e. The number of halogens is 1. The zero-order valence-electron chi connectivity index (χ0n) is 16.3. The van der Waals surface area contributed by atoms with Crippen molar-refractivity contribution in [1.29, 1.82) is 0 Å². The zero-order valence-corrected chi connectivity index (χ0v) is 17.1. The molecule has 0 bridgehead atoms. The van der Waals surface area contributed by atoms with Gasteiger partial charge in [-0.2, -0.15) is 9.78 Å². The number of hydrogen-bond donors (Lipinski definition) is 1. The fraction of sp³-hybridized carbons (Fsp3) is 0.238. The van der Waals surface area contributed by atoms with Crippen LogP contribution in [0.2, 0.25) is 5.02 Å². The number of nitrogens with one attached hydrogen (secondary N) is 1. The molecule has 8 heteroatoms. The Morgan fingerprint density at radius 1 is 1.00 bits per heavy atom. The van der Waals surface area contributed by atoms with Gasteiger partial charge < -0.3 is 5.32 Å². The fourth-order valence-electron chi connectivity index (χ4n) is 2.93. The van der Waals surface area contributed by atoms with Gasteiger partial charge in [0.25, 0.3) is 11.5 Å². The number of carbonyl (C=O) groups is 1. The van der Waals surface area contributed by atoms with Gasteiger partial charge in [-0.05, 0) is 50.6 Å². The van der Waals surface area contributed by atoms with Gasteiger partial charge in [0.15, 0.2) is 0 Å². The van der Waals surface area contributed by atoms with Crippen molar-refractivity contribution in [3.63, 3.8) is 0 Å². The normalized spacial score (nSPS) is 12.0. The summed E-state index contributed by atoms with van der Waals surface area (Å²) in [7, 11) is 0. The van der Waals surface area contributed by atoms with Crippen LogP contribution in [-0.2, 0) is 0 Å². The minimum Gasteiger partial charge on any atom is -0.348 e. The standard InChI is InChI=1S/C21H21ClN4O3/c1-13(2)23-19(27)18-20(28)25(14(3)15-7-5-4-6-8-15)21(29)26(24-18)17-11-9-16(22)10-12-17/h4-14H,1-3H3,(H,23,27)/t14-/m0/s1. The van der Waals surface area contributed by atoms with Gasteiger partial charge in [-0.15, -0.1) is 0 Å². The third-order valence-electron chi connectivity index (χ3n) is 4.38. The smallest absolute Gasteiger partial charge is 0.348 e. The molecule has 1 heterocycles. The van der Waals surface area contributed by atoms with E-state index in [0.717, 1.165) is 14.8 Å². The molecule has 1 N–H and O–H groups in total. The molecule has 29 heavy (non-hydrogen) atoms. The van der Waals surface area contributed by atoms with Crippen molar-refractivity contribution in [3.8, 4) is 5.69 Å². The molecule has 2 aromatic carbocycles. The molecular formula is C21H21ClN4O3. The Balaban J connectivity index is 2.27. The molecule has 0 radical (unpaired) electrons. The van der Waals surface area contributed by atoms with Crippen molar-refractivity contribution >= 4 is 17.5 Å². The second kappa shape index (κ2) is 8.45. The topological polar surface area (TPSA) is 86.0 Å². The van der Waals surface area contributed by atoms with E-state index in [-0.39, 0.29) is 11.7 Å². The SMILES string of the molecule is CC(C)NC(=O)c1nn(-c2ccc(Cl)cc2)c(=O)n([C@@H](C)c2ccccc2)c1=O. The van der Waals surface area contributed by atoms with Crippen LogP contribution in [0.15, 0.2) is 64.2 Å². The van der Waals surface area contributed by atoms with E-state index >= 15 is 0 Å². The first-order valence-corrected chi connectivity index (χ1v) is 9.55. The molecule has 3 rings (SSSR count). The van der Waals surface area contributed by atoms with Gasteiger partial charge in [-0.1, -0.05) is 41.9 Å². The van der Waals surface area contributed by atoms with Gasteiger partial charge in [0.05, 0.1) is 11.7 Å². The molecule has 0 saturated heterocycles. The number of carbonyl (C=O) groups excluding carboxylic acids is 1. The first-order chi connectivity index (χ1) is 13.8. The van der Waals surface area contributed by atoms with E-state index in [0.29, 0.717) is 10.7 Å². The summed E-state index contributed by atoms with van der Waals surface area (Å²) >= 11 is 5.94. The van der Waals surface area contributed by atoms with E-state index in [1.807, 2.05) is 30.3 Å². The van der Waals surface area contributed by atoms with Crippen molar-refractivity contribution in [1.82, 2.24) is 19.7 Å². The third-order valence-corrected chi connectivity index (χ3v) is 4.64. The monoisotopic (exact) mass is 412 g/mol. The highest BCUT2D eigenvalue weighted by Gasteiger charge is 2.24. The predicted octanol–water partition coefficient (Wildman–Crippen LogP) is 2.80. The van der Waals surface area contributed by atoms with Crippen molar-refractivity contribution in [2.24, 2.45) is 0 Å². The number of hydrogen-bond acceptors (Lipinski definition) is 4. The summed E-state index contributed by atoms with van der Waals surface area (Å²) in [5, 5.41) is 7.23. The second-order valence-electron chi connectivity index (χ2n) is 6.91. The summed E-state index contributed by atoms with van der Waals surface area (Å²) in [6.45, 7) is 5.28. The first kappa shape index (κ1) is 20.5. The highest BCUT2D eigenvalue weighted by molar-refractivity contribution is 6.30. The largest absolute Gasteiger partial charge is 0.352 e. The van der Waals surface area contributed by atoms with Crippen molar-refractivity contribution in [3.05, 3.63) is 91.7 Å². The molecule has 0 aliphatic rings. The number of nitrogens with zero attached hydrogens (tertiary/aromatic N) is 3. The quantitative estimate of drug-likeness (QED) is 0.698. The third kappa shape index (κ3) is 4.30. The van der Waals surface area contributed by atoms with Crippen LogP contribution in [0, 0.1) is 0 Å². The lowest BCUT2D eigenvalue weighted by Crippen LogP contribution is -2.47. The molecule has 0 aliphatic carbocycles. The molecule has 1 aromatic heterocycles. The Kier molecular flexibility index (Phi) is 5.98. The number of benzene rings is 2. The highest BCUT2D eigenvalue weighted by Crippen LogP contribution is 2.15. The predicted molar refractivity (Wildman–Crippen MR) is 112 cm³/mol. The number of rotatable bonds is 5. The van der Waals surface area contributed by atoms with Crippen LogP contribution in [0.1, 0.15) is 42.9 Å². The average molecular weight is 413 g/mol. The molecule has 0 unspecified atom stereocenters. The van der Waals surface area contributed by atoms with Crippen LogP contribution < -0.4 is 16.6 Å². The Morgan fingerprint density at radius 3 is 2.21 bits per heavy atom. The molecular weight excluding hydrogens is 392 g/mol. The van der Waals surface area contributed by atoms with Gasteiger partial charge in [-0.25, -0.2) is 9.36 Å². The Labute approximate surface area is 172 Å². The molecule has 1 amide bonds. The molecule has 0 saturated carbocycles. The van der Waals surface area contributed by atoms with E-state index in [1.165, 1.54) is 0 Å². The molecule has 3 aromatic rings. The molecule has 0 aliphatic heterocycles. The van der Waals surface area contributed by atoms with E-state index in [2.05, 4.69) is 10.4 Å². The zero-order chi connectivity index (χ0) is 21.1. The van der Waals surface area contributed by atoms with E-state index in [4.69, 9.17) is 11.6 Å². The van der Waals surface area contributed by atoms with Crippen molar-refractivity contribution in [2.45, 2.75) is 32.9 Å². The lowest BCUT2D eigenvalue weighted by Gasteiger charge is -2.18. The number of aromatic nitrogens is 3. The molecule has 150 valence electrons. The Morgan fingerprint density at radius 2 is 1.62 bits per heavy atom. The van der Waals surface area contributed by atoms with Gasteiger partial charge in [0.2, 0.25) is 5.69 Å². The molecule has 0 fully saturated rings. The molecule has 1 atom stereocenters. The van der Waals surface area contributed by atoms with Crippen LogP contribution in [0.5, 0.6) is 0 Å². The van der Waals surface area contributed by atoms with Gasteiger partial charge >= 0.3 is 5.69 Å². The van der Waals surface area contributed by atoms with Crippen LogP contribution in [0.4, 0.5) is 0 Å². The first-order valence-electron chi connectivity index (χ1n) is 9.17. The van der Waals surface area contributed by atoms with Crippen LogP contribution in [0.3, 0.4) is 0 Å². The Hall–Kier alpha value is -3.19. The minimum atomic E-state index is -0.741. The summed E-state index contributed by atoms with van der Waals surface area (Å²) in [5.41, 5.74) is -0.580. The van der Waals surface area contributed by atoms with Crippen molar-refractivity contribution in [2.75, 3.05) is 0 Å². The fourth-order valence-corrected chi connectivity index (χ4v) is 3.06. The lowest BCUT2D eigenvalue weighted by molar-refractivity contribution is 0.0933. The van der Waals surface area contributed by atoms with E-state index < -0.39 is 23.2 Å². The summed E-state index contributed by atoms with van der Waals surface area (Å²) in [4.78, 5) is 38.9. The van der Waals surface area contributed by atoms with Gasteiger partial charge in [-0.3, -0.25) is 9.59 Å². The van der Waals surface area contributed by atoms with Gasteiger partial charge in [0, 0.05) is 11.1 Å². The van der Waals surface area contributed by atoms with E-state index in [1.54, 1.807) is 45.0 Å². The average Bonchev–Trinajstić information content (AvgIpc) is 2.69. The summed E-state index contributed by atoms with van der Waals surface area (Å²) in [6.07, 6.45) is 0. The summed E-state index contributed by atoms with van der Waals surface area (Å²) < 4.78 is 2.10. The second-order valence-corrected chi connectivity index (χ2v) is 7.35. The van der Waals surface area contributed by atoms with Crippen LogP contribution in [-0.4, -0.2) is 26.3 Å². The minimum absolute atomic E-state index is 0.195. The molecule has 0 spiro atoms. The summed E-state index contributed by atoms with van der Waals surface area (Å²) in [6, 6.07) is 14.7. The van der Waals surface area contributed by atoms with Gasteiger partial charge in [0.1, 0.15) is 0 Å². The van der Waals surface area contributed by atoms with Crippen LogP contribution in [0.25, 0.3) is 5.69 Å².